The highest BCUT2D eigenvalue weighted by Crippen LogP contribution is 2.23. The molecule has 8 nitrogen and oxygen atoms in total. The van der Waals surface area contributed by atoms with Gasteiger partial charge in [0.15, 0.2) is 0 Å². The van der Waals surface area contributed by atoms with E-state index in [1.54, 1.807) is 0 Å². The van der Waals surface area contributed by atoms with Crippen molar-refractivity contribution in [1.29, 1.82) is 0 Å². The van der Waals surface area contributed by atoms with E-state index in [4.69, 9.17) is 5.73 Å². The van der Waals surface area contributed by atoms with Crippen LogP contribution in [0.3, 0.4) is 0 Å². The minimum Gasteiger partial charge on any atom is -0.370 e. The molecule has 0 fully saturated rings. The Bertz CT molecular complexity index is 449. The van der Waals surface area contributed by atoms with E-state index in [2.05, 4.69) is 15.6 Å². The maximum absolute atomic E-state index is 10.8. The predicted molar refractivity (Wildman–Crippen MR) is 67.4 cm³/mol. The molecule has 0 spiro atoms. The zero-order chi connectivity index (χ0) is 13.5. The van der Waals surface area contributed by atoms with Gasteiger partial charge in [-0.2, -0.15) is 0 Å². The highest BCUT2D eigenvalue weighted by Gasteiger charge is 2.15. The van der Waals surface area contributed by atoms with Crippen molar-refractivity contribution in [3.63, 3.8) is 0 Å². The van der Waals surface area contributed by atoms with Crippen LogP contribution < -0.4 is 16.4 Å². The van der Waals surface area contributed by atoms with E-state index in [0.29, 0.717) is 12.4 Å². The number of carbonyl (C=O) groups excluding carboxylic acids is 1. The molecule has 1 aromatic rings. The molecule has 1 heterocycles. The van der Waals surface area contributed by atoms with Gasteiger partial charge in [0.25, 0.3) is 0 Å². The molecule has 98 valence electrons. The largest absolute Gasteiger partial charge is 0.370 e. The SMILES string of the molecule is CCNc1ccc([N+](=O)[O-])c(NCCC(N)=O)n1. The third-order valence-electron chi connectivity index (χ3n) is 2.09. The molecule has 0 unspecified atom stereocenters. The van der Waals surface area contributed by atoms with Crippen LogP contribution in [0.4, 0.5) is 17.3 Å². The van der Waals surface area contributed by atoms with Gasteiger partial charge in [-0.25, -0.2) is 4.98 Å². The average molecular weight is 253 g/mol. The monoisotopic (exact) mass is 253 g/mol. The molecule has 0 atom stereocenters. The van der Waals surface area contributed by atoms with Gasteiger partial charge < -0.3 is 16.4 Å². The lowest BCUT2D eigenvalue weighted by molar-refractivity contribution is -0.384. The number of pyridine rings is 1. The number of carbonyl (C=O) groups is 1. The second kappa shape index (κ2) is 6.38. The fourth-order valence-corrected chi connectivity index (χ4v) is 1.31. The van der Waals surface area contributed by atoms with Gasteiger partial charge in [-0.05, 0) is 13.0 Å². The van der Waals surface area contributed by atoms with Crippen molar-refractivity contribution in [2.75, 3.05) is 23.7 Å². The molecule has 0 saturated heterocycles. The number of nitrogens with one attached hydrogen (secondary N) is 2. The molecule has 1 aromatic heterocycles. The summed E-state index contributed by atoms with van der Waals surface area (Å²) in [5, 5.41) is 16.5. The standard InChI is InChI=1S/C10H15N5O3/c1-2-12-9-4-3-7(15(17)18)10(14-9)13-6-5-8(11)16/h3-4H,2,5-6H2,1H3,(H2,11,16)(H2,12,13,14). The Morgan fingerprint density at radius 1 is 1.50 bits per heavy atom. The van der Waals surface area contributed by atoms with Crippen molar-refractivity contribution in [3.05, 3.63) is 22.2 Å². The van der Waals surface area contributed by atoms with E-state index in [9.17, 15) is 14.9 Å². The van der Waals surface area contributed by atoms with Crippen molar-refractivity contribution in [2.24, 2.45) is 5.73 Å². The average Bonchev–Trinajstić information content (AvgIpc) is 2.29. The Kier molecular flexibility index (Phi) is 4.85. The minimum absolute atomic E-state index is 0.0876. The van der Waals surface area contributed by atoms with Gasteiger partial charge in [0, 0.05) is 25.6 Å². The van der Waals surface area contributed by atoms with Crippen LogP contribution in [0.1, 0.15) is 13.3 Å². The lowest BCUT2D eigenvalue weighted by Crippen LogP contribution is -2.17. The van der Waals surface area contributed by atoms with E-state index in [0.717, 1.165) is 0 Å². The summed E-state index contributed by atoms with van der Waals surface area (Å²) in [5.41, 5.74) is 4.85. The van der Waals surface area contributed by atoms with Crippen LogP contribution in [0.2, 0.25) is 0 Å². The fraction of sp³-hybridized carbons (Fsp3) is 0.400. The first-order valence-electron chi connectivity index (χ1n) is 5.46. The fourth-order valence-electron chi connectivity index (χ4n) is 1.31. The van der Waals surface area contributed by atoms with Crippen LogP contribution >= 0.6 is 0 Å². The predicted octanol–water partition coefficient (Wildman–Crippen LogP) is 0.709. The van der Waals surface area contributed by atoms with Gasteiger partial charge in [-0.1, -0.05) is 0 Å². The van der Waals surface area contributed by atoms with E-state index in [1.165, 1.54) is 12.1 Å². The number of nitro groups is 1. The van der Waals surface area contributed by atoms with Crippen molar-refractivity contribution in [3.8, 4) is 0 Å². The van der Waals surface area contributed by atoms with Crippen LogP contribution in [0, 0.1) is 10.1 Å². The molecule has 0 radical (unpaired) electrons. The zero-order valence-electron chi connectivity index (χ0n) is 9.97. The summed E-state index contributed by atoms with van der Waals surface area (Å²) in [5.74, 6) is 0.178. The maximum atomic E-state index is 10.8. The first-order chi connectivity index (χ1) is 8.54. The summed E-state index contributed by atoms with van der Waals surface area (Å²) < 4.78 is 0. The third-order valence-corrected chi connectivity index (χ3v) is 2.09. The van der Waals surface area contributed by atoms with Crippen LogP contribution in [0.25, 0.3) is 0 Å². The van der Waals surface area contributed by atoms with E-state index < -0.39 is 10.8 Å². The molecular formula is C10H15N5O3. The van der Waals surface area contributed by atoms with Crippen LogP contribution in [-0.4, -0.2) is 28.9 Å². The van der Waals surface area contributed by atoms with Crippen LogP contribution in [0.5, 0.6) is 0 Å². The van der Waals surface area contributed by atoms with Crippen molar-refractivity contribution in [2.45, 2.75) is 13.3 Å². The number of nitrogens with two attached hydrogens (primary N) is 1. The molecular weight excluding hydrogens is 238 g/mol. The first-order valence-corrected chi connectivity index (χ1v) is 5.46. The Morgan fingerprint density at radius 2 is 2.22 bits per heavy atom. The Morgan fingerprint density at radius 3 is 2.78 bits per heavy atom. The Labute approximate surface area is 104 Å². The van der Waals surface area contributed by atoms with Crippen molar-refractivity contribution >= 4 is 23.2 Å². The number of primary amides is 1. The summed E-state index contributed by atoms with van der Waals surface area (Å²) in [6, 6.07) is 2.89. The Balaban J connectivity index is 2.85. The minimum atomic E-state index is -0.532. The number of hydrogen-bond donors (Lipinski definition) is 3. The lowest BCUT2D eigenvalue weighted by atomic mass is 10.3. The molecule has 18 heavy (non-hydrogen) atoms. The number of rotatable bonds is 7. The third kappa shape index (κ3) is 3.89. The van der Waals surface area contributed by atoms with Gasteiger partial charge in [0.05, 0.1) is 4.92 Å². The van der Waals surface area contributed by atoms with E-state index in [-0.39, 0.29) is 24.5 Å². The highest BCUT2D eigenvalue weighted by molar-refractivity contribution is 5.74. The summed E-state index contributed by atoms with van der Waals surface area (Å²) in [4.78, 5) is 24.9. The quantitative estimate of drug-likeness (QED) is 0.485. The van der Waals surface area contributed by atoms with Gasteiger partial charge >= 0.3 is 5.69 Å². The Hall–Kier alpha value is -2.38. The van der Waals surface area contributed by atoms with Gasteiger partial charge in [0.1, 0.15) is 5.82 Å². The second-order valence-corrected chi connectivity index (χ2v) is 3.49. The summed E-state index contributed by atoms with van der Waals surface area (Å²) >= 11 is 0. The smallest absolute Gasteiger partial charge is 0.311 e. The summed E-state index contributed by atoms with van der Waals surface area (Å²) in [6.45, 7) is 2.76. The van der Waals surface area contributed by atoms with Crippen molar-refractivity contribution < 1.29 is 9.72 Å². The molecule has 0 aliphatic heterocycles. The van der Waals surface area contributed by atoms with E-state index >= 15 is 0 Å². The second-order valence-electron chi connectivity index (χ2n) is 3.49. The number of hydrogen-bond acceptors (Lipinski definition) is 6. The van der Waals surface area contributed by atoms with Crippen LogP contribution in [0.15, 0.2) is 12.1 Å². The number of amides is 1. The highest BCUT2D eigenvalue weighted by atomic mass is 16.6. The summed E-state index contributed by atoms with van der Waals surface area (Å²) in [6.07, 6.45) is 0.0876. The van der Waals surface area contributed by atoms with Crippen molar-refractivity contribution in [1.82, 2.24) is 4.98 Å². The van der Waals surface area contributed by atoms with E-state index in [1.807, 2.05) is 6.92 Å². The zero-order valence-corrected chi connectivity index (χ0v) is 9.97. The van der Waals surface area contributed by atoms with Gasteiger partial charge in [0.2, 0.25) is 11.7 Å². The number of anilines is 2. The molecule has 8 heteroatoms. The number of nitrogens with zero attached hydrogens (tertiary/aromatic N) is 2. The van der Waals surface area contributed by atoms with Gasteiger partial charge in [-0.15, -0.1) is 0 Å². The normalized spacial score (nSPS) is 9.83. The molecule has 0 aliphatic rings. The summed E-state index contributed by atoms with van der Waals surface area (Å²) in [7, 11) is 0. The molecule has 0 bridgehead atoms. The number of aromatic nitrogens is 1. The molecule has 1 amide bonds. The molecule has 4 N–H and O–H groups in total. The topological polar surface area (TPSA) is 123 Å². The molecule has 0 aromatic carbocycles. The first kappa shape index (κ1) is 13.7. The lowest BCUT2D eigenvalue weighted by Gasteiger charge is -2.08. The maximum Gasteiger partial charge on any atom is 0.311 e. The molecule has 0 saturated carbocycles. The van der Waals surface area contributed by atoms with Gasteiger partial charge in [-0.3, -0.25) is 14.9 Å². The molecule has 1 rings (SSSR count). The molecule has 0 aliphatic carbocycles. The van der Waals surface area contributed by atoms with Crippen LogP contribution in [-0.2, 0) is 4.79 Å².